The third-order valence-corrected chi connectivity index (χ3v) is 6.06. The van der Waals surface area contributed by atoms with Crippen molar-refractivity contribution in [2.24, 2.45) is 5.92 Å². The van der Waals surface area contributed by atoms with E-state index in [9.17, 15) is 14.3 Å². The van der Waals surface area contributed by atoms with Crippen LogP contribution in [0.3, 0.4) is 0 Å². The Kier molecular flexibility index (Phi) is 5.16. The van der Waals surface area contributed by atoms with Crippen LogP contribution in [0.2, 0.25) is 0 Å². The second-order valence-electron chi connectivity index (χ2n) is 8.84. The second-order valence-corrected chi connectivity index (χ2v) is 8.84. The Bertz CT molecular complexity index is 1010. The summed E-state index contributed by atoms with van der Waals surface area (Å²) < 4.78 is 37.1. The van der Waals surface area contributed by atoms with Gasteiger partial charge < -0.3 is 14.7 Å². The average Bonchev–Trinajstić information content (AvgIpc) is 3.46. The van der Waals surface area contributed by atoms with Crippen LogP contribution in [0, 0.1) is 5.92 Å². The molecule has 2 fully saturated rings. The lowest BCUT2D eigenvalue weighted by molar-refractivity contribution is -0.187. The number of carbonyl (C=O) groups excluding carboxylic acids is 1. The van der Waals surface area contributed by atoms with Crippen LogP contribution in [-0.2, 0) is 9.53 Å². The van der Waals surface area contributed by atoms with E-state index in [1.54, 1.807) is 13.8 Å². The molecule has 9 nitrogen and oxygen atoms in total. The second kappa shape index (κ2) is 7.33. The summed E-state index contributed by atoms with van der Waals surface area (Å²) in [5.74, 6) is -2.60. The molecule has 4 rings (SSSR count). The van der Waals surface area contributed by atoms with Crippen molar-refractivity contribution in [3.05, 3.63) is 6.33 Å². The smallest absolute Gasteiger partial charge is 0.240 e. The van der Waals surface area contributed by atoms with E-state index >= 15 is 4.39 Å². The third-order valence-electron chi connectivity index (χ3n) is 6.06. The van der Waals surface area contributed by atoms with E-state index < -0.39 is 23.9 Å². The Labute approximate surface area is 178 Å². The van der Waals surface area contributed by atoms with Crippen LogP contribution < -0.4 is 10.2 Å². The van der Waals surface area contributed by atoms with Gasteiger partial charge in [-0.2, -0.15) is 9.97 Å². The van der Waals surface area contributed by atoms with E-state index in [2.05, 4.69) is 20.3 Å². The summed E-state index contributed by atoms with van der Waals surface area (Å²) in [5, 5.41) is 12.9. The first-order valence-corrected chi connectivity index (χ1v) is 10.5. The number of hydrogen-bond donors (Lipinski definition) is 2. The number of nitrogens with one attached hydrogen (secondary N) is 1. The maximum Gasteiger partial charge on any atom is 0.240 e. The Morgan fingerprint density at radius 3 is 2.65 bits per heavy atom. The van der Waals surface area contributed by atoms with E-state index in [4.69, 9.17) is 4.74 Å². The molecule has 170 valence electrons. The number of nitrogens with zero attached hydrogens (tertiary/aromatic N) is 5. The van der Waals surface area contributed by atoms with Crippen LogP contribution in [-0.4, -0.2) is 61.2 Å². The number of alkyl halides is 2. The first-order valence-electron chi connectivity index (χ1n) is 10.5. The van der Waals surface area contributed by atoms with E-state index in [1.807, 2.05) is 11.9 Å². The predicted octanol–water partition coefficient (Wildman–Crippen LogP) is 2.71. The number of anilines is 2. The van der Waals surface area contributed by atoms with Crippen LogP contribution >= 0.6 is 0 Å². The van der Waals surface area contributed by atoms with Crippen LogP contribution in [0.15, 0.2) is 6.33 Å². The normalized spacial score (nSPS) is 30.9. The van der Waals surface area contributed by atoms with Gasteiger partial charge in [-0.05, 0) is 19.8 Å². The summed E-state index contributed by atoms with van der Waals surface area (Å²) >= 11 is 0. The van der Waals surface area contributed by atoms with Crippen LogP contribution in [0.1, 0.15) is 53.2 Å². The summed E-state index contributed by atoms with van der Waals surface area (Å²) in [5.41, 5.74) is -1.88. The molecule has 3 heterocycles. The summed E-state index contributed by atoms with van der Waals surface area (Å²) in [6, 6.07) is 0.284. The van der Waals surface area contributed by atoms with Crippen LogP contribution in [0.25, 0.3) is 11.2 Å². The molecule has 1 saturated heterocycles. The van der Waals surface area contributed by atoms with Gasteiger partial charge in [-0.25, -0.2) is 13.8 Å². The molecule has 2 aromatic heterocycles. The number of hydrogen-bond acceptors (Lipinski definition) is 7. The fourth-order valence-corrected chi connectivity index (χ4v) is 3.79. The fraction of sp³-hybridized carbons (Fsp3) is 0.700. The molecule has 0 bridgehead atoms. The molecule has 2 aromatic rings. The Morgan fingerprint density at radius 2 is 2.10 bits per heavy atom. The summed E-state index contributed by atoms with van der Waals surface area (Å²) in [7, 11) is 1.87. The van der Waals surface area contributed by atoms with E-state index in [1.165, 1.54) is 17.8 Å². The van der Waals surface area contributed by atoms with Gasteiger partial charge in [0.1, 0.15) is 0 Å². The lowest BCUT2D eigenvalue weighted by atomic mass is 9.96. The van der Waals surface area contributed by atoms with Crippen molar-refractivity contribution >= 4 is 28.8 Å². The number of carbonyl (C=O) groups is 1. The van der Waals surface area contributed by atoms with E-state index in [-0.39, 0.29) is 35.9 Å². The number of rotatable bonds is 6. The maximum atomic E-state index is 15.5. The molecule has 1 amide bonds. The Hall–Kier alpha value is -2.40. The number of aliphatic hydroxyl groups is 1. The van der Waals surface area contributed by atoms with Gasteiger partial charge in [0, 0.05) is 25.4 Å². The van der Waals surface area contributed by atoms with Crippen molar-refractivity contribution in [3.8, 4) is 0 Å². The molecule has 2 N–H and O–H groups in total. The zero-order valence-electron chi connectivity index (χ0n) is 18.3. The molecule has 2 aliphatic rings. The highest BCUT2D eigenvalue weighted by atomic mass is 19.2. The largest absolute Gasteiger partial charge is 0.384 e. The van der Waals surface area contributed by atoms with Gasteiger partial charge in [-0.3, -0.25) is 14.7 Å². The molecule has 0 aromatic carbocycles. The van der Waals surface area contributed by atoms with Crippen molar-refractivity contribution in [2.75, 3.05) is 17.3 Å². The molecule has 1 aliphatic heterocycles. The quantitative estimate of drug-likeness (QED) is 0.714. The van der Waals surface area contributed by atoms with E-state index in [0.29, 0.717) is 11.3 Å². The molecular weight excluding hydrogens is 410 g/mol. The topological polar surface area (TPSA) is 105 Å². The third kappa shape index (κ3) is 3.53. The fourth-order valence-electron chi connectivity index (χ4n) is 3.79. The van der Waals surface area contributed by atoms with Crippen molar-refractivity contribution in [1.82, 2.24) is 19.5 Å². The highest BCUT2D eigenvalue weighted by molar-refractivity contribution is 5.92. The average molecular weight is 438 g/mol. The lowest BCUT2D eigenvalue weighted by Gasteiger charge is -2.25. The minimum atomic E-state index is -2.54. The maximum absolute atomic E-state index is 15.5. The summed E-state index contributed by atoms with van der Waals surface area (Å²) in [4.78, 5) is 27.4. The first kappa shape index (κ1) is 21.8. The van der Waals surface area contributed by atoms with Gasteiger partial charge in [0.15, 0.2) is 35.0 Å². The molecule has 0 radical (unpaired) electrons. The molecule has 1 saturated carbocycles. The van der Waals surface area contributed by atoms with Gasteiger partial charge in [0.2, 0.25) is 17.7 Å². The molecule has 0 unspecified atom stereocenters. The van der Waals surface area contributed by atoms with Gasteiger partial charge in [-0.15, -0.1) is 0 Å². The number of aromatic nitrogens is 4. The number of imidazole rings is 1. The minimum absolute atomic E-state index is 0.0385. The van der Waals surface area contributed by atoms with Crippen molar-refractivity contribution in [3.63, 3.8) is 0 Å². The zero-order chi connectivity index (χ0) is 22.7. The van der Waals surface area contributed by atoms with Crippen LogP contribution in [0.5, 0.6) is 0 Å². The molecule has 4 atom stereocenters. The number of amides is 1. The van der Waals surface area contributed by atoms with E-state index in [0.717, 1.165) is 19.8 Å². The number of ether oxygens (including phenoxy) is 1. The SMILES string of the molecule is CC[C@@]1(F)O[C@@H](n2cnc3c(N(C)C4CC4)nc(NC(=O)C(C)C)nc32)[C@](C)(F)[C@@H]1O. The molecule has 1 aliphatic carbocycles. The van der Waals surface area contributed by atoms with Crippen LogP contribution in [0.4, 0.5) is 20.5 Å². The Balaban J connectivity index is 1.84. The zero-order valence-corrected chi connectivity index (χ0v) is 18.3. The summed E-state index contributed by atoms with van der Waals surface area (Å²) in [6.45, 7) is 6.04. The Morgan fingerprint density at radius 1 is 1.42 bits per heavy atom. The number of halogens is 2. The highest BCUT2D eigenvalue weighted by Crippen LogP contribution is 2.49. The highest BCUT2D eigenvalue weighted by Gasteiger charge is 2.63. The van der Waals surface area contributed by atoms with Gasteiger partial charge in [0.05, 0.1) is 6.33 Å². The predicted molar refractivity (Wildman–Crippen MR) is 110 cm³/mol. The first-order chi connectivity index (χ1) is 14.5. The van der Waals surface area contributed by atoms with Crippen molar-refractivity contribution < 1.29 is 23.4 Å². The molecular formula is C20H28F2N6O3. The van der Waals surface area contributed by atoms with Gasteiger partial charge >= 0.3 is 0 Å². The van der Waals surface area contributed by atoms with Gasteiger partial charge in [0.25, 0.3) is 0 Å². The number of aliphatic hydroxyl groups excluding tert-OH is 1. The standard InChI is InChI=1S/C20H28F2N6O3/c1-6-20(22)16(30)19(4,21)17(31-20)28-9-23-12-13(27(5)11-7-8-11)24-18(25-14(12)28)26-15(29)10(2)3/h9-11,16-17,30H,6-8H2,1-5H3,(H,24,25,26,29)/t16-,17+,19+,20+/m0/s1. The van der Waals surface area contributed by atoms with Crippen molar-refractivity contribution in [2.45, 2.75) is 76.9 Å². The lowest BCUT2D eigenvalue weighted by Crippen LogP contribution is -2.43. The minimum Gasteiger partial charge on any atom is -0.384 e. The molecule has 31 heavy (non-hydrogen) atoms. The summed E-state index contributed by atoms with van der Waals surface area (Å²) in [6.07, 6.45) is -0.413. The molecule has 11 heteroatoms. The monoisotopic (exact) mass is 438 g/mol. The number of fused-ring (bicyclic) bond motifs is 1. The van der Waals surface area contributed by atoms with Gasteiger partial charge in [-0.1, -0.05) is 20.8 Å². The van der Waals surface area contributed by atoms with Crippen molar-refractivity contribution in [1.29, 1.82) is 0 Å². The molecule has 0 spiro atoms.